The minimum Gasteiger partial charge on any atom is -0.481 e. The maximum atomic E-state index is 12.3. The maximum absolute atomic E-state index is 12.3. The molecule has 140 valence electrons. The van der Waals surface area contributed by atoms with E-state index in [1.54, 1.807) is 24.6 Å². The van der Waals surface area contributed by atoms with Crippen molar-refractivity contribution in [2.45, 2.75) is 33.6 Å². The smallest absolute Gasteiger partial charge is 0.308 e. The third-order valence-corrected chi connectivity index (χ3v) is 6.23. The molecule has 7 nitrogen and oxygen atoms in total. The normalized spacial score (nSPS) is 16.7. The first-order chi connectivity index (χ1) is 12.4. The lowest BCUT2D eigenvalue weighted by Gasteiger charge is -2.32. The highest BCUT2D eigenvalue weighted by atomic mass is 32.1. The van der Waals surface area contributed by atoms with Crippen molar-refractivity contribution in [3.63, 3.8) is 0 Å². The molecular weight excluding hydrogens is 352 g/mol. The Kier molecular flexibility index (Phi) is 5.41. The molecule has 0 aromatic carbocycles. The van der Waals surface area contributed by atoms with Crippen LogP contribution in [0, 0.1) is 25.7 Å². The van der Waals surface area contributed by atoms with Gasteiger partial charge in [-0.15, -0.1) is 11.3 Å². The van der Waals surface area contributed by atoms with Crippen LogP contribution in [0.1, 0.15) is 30.2 Å². The molecule has 1 aliphatic heterocycles. The number of anilines is 1. The predicted molar refractivity (Wildman–Crippen MR) is 102 cm³/mol. The first kappa shape index (κ1) is 18.6. The highest BCUT2D eigenvalue weighted by Gasteiger charge is 2.27. The molecule has 0 aliphatic carbocycles. The van der Waals surface area contributed by atoms with E-state index in [-0.39, 0.29) is 18.4 Å². The molecule has 1 saturated heterocycles. The highest BCUT2D eigenvalue weighted by molar-refractivity contribution is 7.18. The van der Waals surface area contributed by atoms with Crippen LogP contribution < -0.4 is 10.2 Å². The summed E-state index contributed by atoms with van der Waals surface area (Å²) in [6.45, 7) is 7.48. The molecule has 2 N–H and O–H groups in total. The number of hydrogen-bond donors (Lipinski definition) is 2. The van der Waals surface area contributed by atoms with Gasteiger partial charge in [0.05, 0.1) is 11.3 Å². The second-order valence-electron chi connectivity index (χ2n) is 6.91. The molecule has 2 aromatic heterocycles. The maximum Gasteiger partial charge on any atom is 0.308 e. The third kappa shape index (κ3) is 3.65. The Morgan fingerprint density at radius 2 is 2.04 bits per heavy atom. The number of aromatic nitrogens is 2. The number of thiophene rings is 1. The zero-order valence-electron chi connectivity index (χ0n) is 15.3. The van der Waals surface area contributed by atoms with Crippen LogP contribution in [0.3, 0.4) is 0 Å². The molecule has 3 rings (SSSR count). The van der Waals surface area contributed by atoms with Gasteiger partial charge in [-0.2, -0.15) is 0 Å². The Hall–Kier alpha value is -2.22. The lowest BCUT2D eigenvalue weighted by molar-refractivity contribution is -0.141. The van der Waals surface area contributed by atoms with Crippen LogP contribution in [0.4, 0.5) is 5.82 Å². The SMILES string of the molecule is Cc1sc2ncnc(N3CCC(C(=O)NCC(C)C(=O)O)CC3)c2c1C. The molecule has 1 unspecified atom stereocenters. The van der Waals surface area contributed by atoms with Crippen molar-refractivity contribution in [3.05, 3.63) is 16.8 Å². The topological polar surface area (TPSA) is 95.4 Å². The number of aryl methyl sites for hydroxylation is 2. The molecule has 1 fully saturated rings. The van der Waals surface area contributed by atoms with Crippen LogP contribution in [0.2, 0.25) is 0 Å². The van der Waals surface area contributed by atoms with Gasteiger partial charge in [0.25, 0.3) is 0 Å². The number of amides is 1. The summed E-state index contributed by atoms with van der Waals surface area (Å²) in [4.78, 5) is 36.5. The number of fused-ring (bicyclic) bond motifs is 1. The van der Waals surface area contributed by atoms with E-state index in [1.165, 1.54) is 10.4 Å². The second kappa shape index (κ2) is 7.57. The summed E-state index contributed by atoms with van der Waals surface area (Å²) in [7, 11) is 0. The first-order valence-corrected chi connectivity index (χ1v) is 9.66. The highest BCUT2D eigenvalue weighted by Crippen LogP contribution is 2.35. The van der Waals surface area contributed by atoms with E-state index in [2.05, 4.69) is 34.0 Å². The lowest BCUT2D eigenvalue weighted by Crippen LogP contribution is -2.42. The van der Waals surface area contributed by atoms with Gasteiger partial charge in [0.2, 0.25) is 5.91 Å². The summed E-state index contributed by atoms with van der Waals surface area (Å²) in [6, 6.07) is 0. The van der Waals surface area contributed by atoms with Crippen molar-refractivity contribution in [1.29, 1.82) is 0 Å². The van der Waals surface area contributed by atoms with Gasteiger partial charge in [-0.3, -0.25) is 9.59 Å². The van der Waals surface area contributed by atoms with E-state index >= 15 is 0 Å². The van der Waals surface area contributed by atoms with Gasteiger partial charge >= 0.3 is 5.97 Å². The van der Waals surface area contributed by atoms with Gasteiger partial charge < -0.3 is 15.3 Å². The number of piperidine rings is 1. The average Bonchev–Trinajstić information content (AvgIpc) is 2.93. The van der Waals surface area contributed by atoms with Crippen molar-refractivity contribution < 1.29 is 14.7 Å². The zero-order chi connectivity index (χ0) is 18.8. The van der Waals surface area contributed by atoms with Crippen LogP contribution in [0.15, 0.2) is 6.33 Å². The molecule has 26 heavy (non-hydrogen) atoms. The Morgan fingerprint density at radius 1 is 1.35 bits per heavy atom. The summed E-state index contributed by atoms with van der Waals surface area (Å²) in [5.41, 5.74) is 1.23. The van der Waals surface area contributed by atoms with E-state index < -0.39 is 11.9 Å². The summed E-state index contributed by atoms with van der Waals surface area (Å²) < 4.78 is 0. The summed E-state index contributed by atoms with van der Waals surface area (Å²) >= 11 is 1.68. The minimum absolute atomic E-state index is 0.0480. The Labute approximate surface area is 156 Å². The van der Waals surface area contributed by atoms with Crippen LogP contribution in [0.25, 0.3) is 10.2 Å². The van der Waals surface area contributed by atoms with Crippen molar-refractivity contribution in [1.82, 2.24) is 15.3 Å². The fourth-order valence-electron chi connectivity index (χ4n) is 3.24. The number of rotatable bonds is 5. The summed E-state index contributed by atoms with van der Waals surface area (Å²) in [5, 5.41) is 12.8. The van der Waals surface area contributed by atoms with E-state index in [9.17, 15) is 9.59 Å². The fourth-order valence-corrected chi connectivity index (χ4v) is 4.23. The van der Waals surface area contributed by atoms with Crippen molar-refractivity contribution in [2.75, 3.05) is 24.5 Å². The number of carbonyl (C=O) groups is 2. The average molecular weight is 376 g/mol. The summed E-state index contributed by atoms with van der Waals surface area (Å²) in [6.07, 6.45) is 3.08. The molecule has 1 atom stereocenters. The molecule has 0 bridgehead atoms. The largest absolute Gasteiger partial charge is 0.481 e. The monoisotopic (exact) mass is 376 g/mol. The van der Waals surface area contributed by atoms with Crippen LogP contribution in [-0.4, -0.2) is 46.6 Å². The third-order valence-electron chi connectivity index (χ3n) is 5.11. The van der Waals surface area contributed by atoms with Crippen molar-refractivity contribution in [2.24, 2.45) is 11.8 Å². The minimum atomic E-state index is -0.894. The van der Waals surface area contributed by atoms with E-state index in [0.717, 1.165) is 42.0 Å². The molecular formula is C18H24N4O3S. The molecule has 8 heteroatoms. The van der Waals surface area contributed by atoms with Crippen LogP contribution in [0.5, 0.6) is 0 Å². The number of carboxylic acids is 1. The van der Waals surface area contributed by atoms with Gasteiger partial charge in [-0.25, -0.2) is 9.97 Å². The first-order valence-electron chi connectivity index (χ1n) is 8.84. The number of nitrogens with one attached hydrogen (secondary N) is 1. The van der Waals surface area contributed by atoms with E-state index in [1.807, 2.05) is 0 Å². The Bertz CT molecular complexity index is 827. The Morgan fingerprint density at radius 3 is 2.69 bits per heavy atom. The number of hydrogen-bond acceptors (Lipinski definition) is 6. The van der Waals surface area contributed by atoms with Crippen LogP contribution >= 0.6 is 11.3 Å². The molecule has 1 amide bonds. The van der Waals surface area contributed by atoms with E-state index in [4.69, 9.17) is 5.11 Å². The molecule has 2 aromatic rings. The van der Waals surface area contributed by atoms with Gasteiger partial charge in [-0.1, -0.05) is 6.92 Å². The number of nitrogens with zero attached hydrogens (tertiary/aromatic N) is 3. The zero-order valence-corrected chi connectivity index (χ0v) is 16.1. The second-order valence-corrected chi connectivity index (χ2v) is 8.11. The lowest BCUT2D eigenvalue weighted by atomic mass is 9.95. The standard InChI is InChI=1S/C18H24N4O3S/c1-10(18(24)25)8-19-16(23)13-4-6-22(7-5-13)15-14-11(2)12(3)26-17(14)21-9-20-15/h9-10,13H,4-8H2,1-3H3,(H,19,23)(H,24,25). The van der Waals surface area contributed by atoms with E-state index in [0.29, 0.717) is 0 Å². The Balaban J connectivity index is 1.64. The van der Waals surface area contributed by atoms with Gasteiger partial charge in [-0.05, 0) is 32.3 Å². The predicted octanol–water partition coefficient (Wildman–Crippen LogP) is 2.36. The molecule has 0 radical (unpaired) electrons. The fraction of sp³-hybridized carbons (Fsp3) is 0.556. The molecule has 1 aliphatic rings. The van der Waals surface area contributed by atoms with Gasteiger partial charge in [0, 0.05) is 30.4 Å². The molecule has 0 spiro atoms. The number of aliphatic carboxylic acids is 1. The molecule has 3 heterocycles. The molecule has 0 saturated carbocycles. The van der Waals surface area contributed by atoms with Crippen LogP contribution in [-0.2, 0) is 9.59 Å². The van der Waals surface area contributed by atoms with Crippen molar-refractivity contribution >= 4 is 39.2 Å². The van der Waals surface area contributed by atoms with Gasteiger partial charge in [0.1, 0.15) is 17.0 Å². The summed E-state index contributed by atoms with van der Waals surface area (Å²) in [5.74, 6) is -0.634. The number of carboxylic acid groups (broad SMARTS) is 1. The van der Waals surface area contributed by atoms with Crippen molar-refractivity contribution in [3.8, 4) is 0 Å². The quantitative estimate of drug-likeness (QED) is 0.832. The number of carbonyl (C=O) groups excluding carboxylic acids is 1. The van der Waals surface area contributed by atoms with Gasteiger partial charge in [0.15, 0.2) is 0 Å².